The molecule has 1 aromatic rings. The number of carbonyl (C=O) groups excluding carboxylic acids is 1. The Balaban J connectivity index is 2.31. The molecule has 0 radical (unpaired) electrons. The lowest BCUT2D eigenvalue weighted by Gasteiger charge is -2.18. The van der Waals surface area contributed by atoms with Gasteiger partial charge in [-0.25, -0.2) is 5.48 Å². The van der Waals surface area contributed by atoms with E-state index < -0.39 is 0 Å². The number of rotatable bonds is 4. The van der Waals surface area contributed by atoms with Crippen molar-refractivity contribution < 1.29 is 9.63 Å². The zero-order chi connectivity index (χ0) is 12.9. The van der Waals surface area contributed by atoms with E-state index in [-0.39, 0.29) is 11.5 Å². The predicted molar refractivity (Wildman–Crippen MR) is 68.5 cm³/mol. The molecule has 17 heavy (non-hydrogen) atoms. The molecule has 0 atom stereocenters. The van der Waals surface area contributed by atoms with Crippen molar-refractivity contribution in [2.45, 2.75) is 46.1 Å². The van der Waals surface area contributed by atoms with E-state index in [2.05, 4.69) is 17.6 Å². The van der Waals surface area contributed by atoms with Crippen molar-refractivity contribution in [3.63, 3.8) is 0 Å². The van der Waals surface area contributed by atoms with Crippen LogP contribution in [-0.2, 0) is 16.1 Å². The summed E-state index contributed by atoms with van der Waals surface area (Å²) < 4.78 is 0. The fraction of sp³-hybridized carbons (Fsp3) is 0.500. The second-order valence-electron chi connectivity index (χ2n) is 5.23. The second kappa shape index (κ2) is 5.82. The number of carbonyl (C=O) groups is 1. The summed E-state index contributed by atoms with van der Waals surface area (Å²) in [4.78, 5) is 16.7. The number of hydroxylamine groups is 1. The maximum Gasteiger partial charge on any atom is 0.243 e. The average molecular weight is 235 g/mol. The Morgan fingerprint density at radius 1 is 1.24 bits per heavy atom. The van der Waals surface area contributed by atoms with Gasteiger partial charge in [0.1, 0.15) is 0 Å². The van der Waals surface area contributed by atoms with Crippen molar-refractivity contribution in [1.29, 1.82) is 0 Å². The van der Waals surface area contributed by atoms with Crippen LogP contribution in [-0.4, -0.2) is 11.5 Å². The Bertz CT molecular complexity index is 363. The first-order chi connectivity index (χ1) is 7.87. The first kappa shape index (κ1) is 13.7. The molecular weight excluding hydrogens is 214 g/mol. The molecule has 0 aliphatic rings. The van der Waals surface area contributed by atoms with Crippen molar-refractivity contribution in [2.24, 2.45) is 0 Å². The maximum absolute atomic E-state index is 11.5. The van der Waals surface area contributed by atoms with Crippen LogP contribution >= 0.6 is 0 Å². The largest absolute Gasteiger partial charge is 0.273 e. The lowest BCUT2D eigenvalue weighted by Crippen LogP contribution is -2.33. The highest BCUT2D eigenvalue weighted by molar-refractivity contribution is 5.75. The molecule has 3 heteroatoms. The molecule has 94 valence electrons. The SMILES string of the molecule is Cc1ccc(CCC(=O)NOC(C)(C)C)cc1. The first-order valence-corrected chi connectivity index (χ1v) is 5.89. The van der Waals surface area contributed by atoms with Gasteiger partial charge in [0.15, 0.2) is 0 Å². The zero-order valence-corrected chi connectivity index (χ0v) is 11.0. The third-order valence-electron chi connectivity index (χ3n) is 2.23. The Hall–Kier alpha value is -1.35. The smallest absolute Gasteiger partial charge is 0.243 e. The summed E-state index contributed by atoms with van der Waals surface area (Å²) in [6.45, 7) is 7.74. The van der Waals surface area contributed by atoms with Crippen LogP contribution in [0.1, 0.15) is 38.3 Å². The minimum Gasteiger partial charge on any atom is -0.273 e. The average Bonchev–Trinajstić information content (AvgIpc) is 2.25. The van der Waals surface area contributed by atoms with E-state index in [4.69, 9.17) is 4.84 Å². The Morgan fingerprint density at radius 2 is 1.82 bits per heavy atom. The van der Waals surface area contributed by atoms with Crippen LogP contribution in [0.15, 0.2) is 24.3 Å². The molecule has 0 bridgehead atoms. The molecule has 1 rings (SSSR count). The van der Waals surface area contributed by atoms with Gasteiger partial charge in [0.05, 0.1) is 5.60 Å². The van der Waals surface area contributed by atoms with Gasteiger partial charge in [-0.15, -0.1) is 0 Å². The van der Waals surface area contributed by atoms with Crippen molar-refractivity contribution in [3.8, 4) is 0 Å². The fourth-order valence-electron chi connectivity index (χ4n) is 1.27. The van der Waals surface area contributed by atoms with Crippen molar-refractivity contribution in [1.82, 2.24) is 5.48 Å². The van der Waals surface area contributed by atoms with Gasteiger partial charge < -0.3 is 0 Å². The van der Waals surface area contributed by atoms with Crippen LogP contribution in [0.4, 0.5) is 0 Å². The van der Waals surface area contributed by atoms with Gasteiger partial charge >= 0.3 is 0 Å². The lowest BCUT2D eigenvalue weighted by atomic mass is 10.1. The number of hydrogen-bond acceptors (Lipinski definition) is 2. The van der Waals surface area contributed by atoms with Gasteiger partial charge in [0.2, 0.25) is 5.91 Å². The normalized spacial score (nSPS) is 11.3. The van der Waals surface area contributed by atoms with Crippen molar-refractivity contribution in [3.05, 3.63) is 35.4 Å². The van der Waals surface area contributed by atoms with E-state index in [0.29, 0.717) is 6.42 Å². The lowest BCUT2D eigenvalue weighted by molar-refractivity contribution is -0.145. The minimum absolute atomic E-state index is 0.0829. The van der Waals surface area contributed by atoms with Gasteiger partial charge in [0.25, 0.3) is 0 Å². The molecule has 0 spiro atoms. The van der Waals surface area contributed by atoms with E-state index in [1.807, 2.05) is 39.8 Å². The van der Waals surface area contributed by atoms with Crippen LogP contribution in [0, 0.1) is 6.92 Å². The number of nitrogens with one attached hydrogen (secondary N) is 1. The van der Waals surface area contributed by atoms with Gasteiger partial charge in [0, 0.05) is 6.42 Å². The van der Waals surface area contributed by atoms with Crippen LogP contribution in [0.25, 0.3) is 0 Å². The standard InChI is InChI=1S/C14H21NO2/c1-11-5-7-12(8-6-11)9-10-13(16)15-17-14(2,3)4/h5-8H,9-10H2,1-4H3,(H,15,16). The quantitative estimate of drug-likeness (QED) is 0.815. The van der Waals surface area contributed by atoms with E-state index >= 15 is 0 Å². The zero-order valence-electron chi connectivity index (χ0n) is 11.0. The molecule has 0 aromatic heterocycles. The van der Waals surface area contributed by atoms with Crippen LogP contribution in [0.3, 0.4) is 0 Å². The number of benzene rings is 1. The van der Waals surface area contributed by atoms with E-state index in [1.165, 1.54) is 11.1 Å². The number of hydrogen-bond donors (Lipinski definition) is 1. The third-order valence-corrected chi connectivity index (χ3v) is 2.23. The highest BCUT2D eigenvalue weighted by atomic mass is 16.7. The molecule has 0 saturated heterocycles. The van der Waals surface area contributed by atoms with Crippen LogP contribution < -0.4 is 5.48 Å². The van der Waals surface area contributed by atoms with Crippen molar-refractivity contribution >= 4 is 5.91 Å². The number of amides is 1. The monoisotopic (exact) mass is 235 g/mol. The van der Waals surface area contributed by atoms with E-state index in [9.17, 15) is 4.79 Å². The van der Waals surface area contributed by atoms with E-state index in [1.54, 1.807) is 0 Å². The van der Waals surface area contributed by atoms with Gasteiger partial charge in [-0.2, -0.15) is 0 Å². The molecular formula is C14H21NO2. The number of aryl methyl sites for hydroxylation is 2. The summed E-state index contributed by atoms with van der Waals surface area (Å²) in [7, 11) is 0. The summed E-state index contributed by atoms with van der Waals surface area (Å²) in [5.41, 5.74) is 4.52. The van der Waals surface area contributed by atoms with Gasteiger partial charge in [-0.05, 0) is 39.7 Å². The molecule has 0 aliphatic heterocycles. The van der Waals surface area contributed by atoms with Crippen LogP contribution in [0.5, 0.6) is 0 Å². The summed E-state index contributed by atoms with van der Waals surface area (Å²) in [5.74, 6) is -0.0829. The molecule has 1 N–H and O–H groups in total. The molecule has 0 fully saturated rings. The molecule has 3 nitrogen and oxygen atoms in total. The maximum atomic E-state index is 11.5. The fourth-order valence-corrected chi connectivity index (χ4v) is 1.27. The Morgan fingerprint density at radius 3 is 2.35 bits per heavy atom. The predicted octanol–water partition coefficient (Wildman–Crippen LogP) is 2.77. The molecule has 0 heterocycles. The van der Waals surface area contributed by atoms with Gasteiger partial charge in [-0.3, -0.25) is 9.63 Å². The molecule has 1 aromatic carbocycles. The summed E-state index contributed by atoms with van der Waals surface area (Å²) in [5, 5.41) is 0. The highest BCUT2D eigenvalue weighted by Gasteiger charge is 2.12. The minimum atomic E-state index is -0.348. The second-order valence-corrected chi connectivity index (χ2v) is 5.23. The highest BCUT2D eigenvalue weighted by Crippen LogP contribution is 2.07. The molecule has 0 aliphatic carbocycles. The van der Waals surface area contributed by atoms with Crippen molar-refractivity contribution in [2.75, 3.05) is 0 Å². The Labute approximate surface area is 103 Å². The summed E-state index contributed by atoms with van der Waals surface area (Å²) >= 11 is 0. The summed E-state index contributed by atoms with van der Waals surface area (Å²) in [6, 6.07) is 8.21. The topological polar surface area (TPSA) is 38.3 Å². The Kier molecular flexibility index (Phi) is 4.70. The van der Waals surface area contributed by atoms with Gasteiger partial charge in [-0.1, -0.05) is 29.8 Å². The third kappa shape index (κ3) is 6.07. The van der Waals surface area contributed by atoms with Crippen LogP contribution in [0.2, 0.25) is 0 Å². The van der Waals surface area contributed by atoms with E-state index in [0.717, 1.165) is 6.42 Å². The molecule has 0 unspecified atom stereocenters. The summed E-state index contributed by atoms with van der Waals surface area (Å²) in [6.07, 6.45) is 1.18. The first-order valence-electron chi connectivity index (χ1n) is 5.89. The molecule has 1 amide bonds. The molecule has 0 saturated carbocycles.